The van der Waals surface area contributed by atoms with E-state index in [-0.39, 0.29) is 0 Å². The third kappa shape index (κ3) is 2.11. The van der Waals surface area contributed by atoms with Crippen LogP contribution in [0.2, 0.25) is 0 Å². The lowest BCUT2D eigenvalue weighted by atomic mass is 10.1. The molecule has 2 heterocycles. The van der Waals surface area contributed by atoms with Gasteiger partial charge in [0.2, 0.25) is 0 Å². The average molecular weight is 243 g/mol. The molecule has 1 aliphatic heterocycles. The second-order valence-corrected chi connectivity index (χ2v) is 4.66. The van der Waals surface area contributed by atoms with Crippen LogP contribution in [0.1, 0.15) is 12.8 Å². The zero-order valence-electron chi connectivity index (χ0n) is 10.2. The molecule has 1 atom stereocenters. The first kappa shape index (κ1) is 11.3. The summed E-state index contributed by atoms with van der Waals surface area (Å²) in [6.07, 6.45) is 4.04. The van der Waals surface area contributed by atoms with Crippen molar-refractivity contribution in [2.45, 2.75) is 18.9 Å². The number of anilines is 2. The van der Waals surface area contributed by atoms with Crippen LogP contribution in [0.15, 0.2) is 30.5 Å². The van der Waals surface area contributed by atoms with Crippen molar-refractivity contribution in [3.63, 3.8) is 0 Å². The topological polar surface area (TPSA) is 60.2 Å². The zero-order valence-corrected chi connectivity index (χ0v) is 10.2. The van der Waals surface area contributed by atoms with Crippen molar-refractivity contribution in [2.75, 3.05) is 24.3 Å². The Morgan fingerprint density at radius 2 is 2.28 bits per heavy atom. The van der Waals surface area contributed by atoms with Crippen LogP contribution in [0.4, 0.5) is 11.4 Å². The number of aromatic nitrogens is 1. The van der Waals surface area contributed by atoms with E-state index in [1.54, 1.807) is 6.20 Å². The van der Waals surface area contributed by atoms with Crippen LogP contribution in [0.5, 0.6) is 0 Å². The Labute approximate surface area is 106 Å². The summed E-state index contributed by atoms with van der Waals surface area (Å²) < 4.78 is 5.48. The van der Waals surface area contributed by atoms with E-state index in [0.29, 0.717) is 6.04 Å². The van der Waals surface area contributed by atoms with E-state index in [1.165, 1.54) is 0 Å². The summed E-state index contributed by atoms with van der Waals surface area (Å²) >= 11 is 0. The summed E-state index contributed by atoms with van der Waals surface area (Å²) in [6.45, 7) is 1.64. The lowest BCUT2D eigenvalue weighted by Crippen LogP contribution is -2.30. The Kier molecular flexibility index (Phi) is 3.02. The average Bonchev–Trinajstić information content (AvgIpc) is 2.44. The summed E-state index contributed by atoms with van der Waals surface area (Å²) in [5.41, 5.74) is 8.70. The highest BCUT2D eigenvalue weighted by Gasteiger charge is 2.15. The van der Waals surface area contributed by atoms with Gasteiger partial charge in [0.15, 0.2) is 0 Å². The number of nitrogen functional groups attached to an aromatic ring is 1. The zero-order chi connectivity index (χ0) is 12.4. The summed E-state index contributed by atoms with van der Waals surface area (Å²) in [6, 6.07) is 8.20. The molecule has 2 aromatic rings. The summed E-state index contributed by atoms with van der Waals surface area (Å²) in [7, 11) is 0. The molecule has 1 saturated heterocycles. The van der Waals surface area contributed by atoms with Gasteiger partial charge in [-0.15, -0.1) is 0 Å². The number of nitrogens with two attached hydrogens (primary N) is 1. The number of hydrogen-bond donors (Lipinski definition) is 2. The second kappa shape index (κ2) is 4.82. The maximum atomic E-state index is 5.97. The first-order valence-corrected chi connectivity index (χ1v) is 6.32. The van der Waals surface area contributed by atoms with Gasteiger partial charge < -0.3 is 15.8 Å². The first-order chi connectivity index (χ1) is 8.84. The van der Waals surface area contributed by atoms with Crippen LogP contribution < -0.4 is 11.1 Å². The van der Waals surface area contributed by atoms with Crippen LogP contribution in [-0.4, -0.2) is 24.2 Å². The van der Waals surface area contributed by atoms with E-state index >= 15 is 0 Å². The number of hydrogen-bond acceptors (Lipinski definition) is 4. The van der Waals surface area contributed by atoms with Gasteiger partial charge in [-0.05, 0) is 37.1 Å². The molecule has 0 bridgehead atoms. The van der Waals surface area contributed by atoms with Crippen molar-refractivity contribution >= 4 is 22.3 Å². The fourth-order valence-electron chi connectivity index (χ4n) is 2.39. The van der Waals surface area contributed by atoms with E-state index in [9.17, 15) is 0 Å². The quantitative estimate of drug-likeness (QED) is 0.795. The lowest BCUT2D eigenvalue weighted by molar-refractivity contribution is 0.0876. The van der Waals surface area contributed by atoms with Crippen molar-refractivity contribution in [1.82, 2.24) is 4.98 Å². The maximum absolute atomic E-state index is 5.97. The molecule has 94 valence electrons. The number of nitrogens with zero attached hydrogens (tertiary/aromatic N) is 1. The summed E-state index contributed by atoms with van der Waals surface area (Å²) in [4.78, 5) is 4.42. The molecule has 1 unspecified atom stereocenters. The molecule has 0 aliphatic carbocycles. The number of fused-ring (bicyclic) bond motifs is 1. The normalized spacial score (nSPS) is 19.9. The molecule has 0 radical (unpaired) electrons. The van der Waals surface area contributed by atoms with Gasteiger partial charge in [-0.1, -0.05) is 0 Å². The van der Waals surface area contributed by atoms with Crippen molar-refractivity contribution in [3.8, 4) is 0 Å². The van der Waals surface area contributed by atoms with Gasteiger partial charge in [0.25, 0.3) is 0 Å². The van der Waals surface area contributed by atoms with Crippen LogP contribution in [0.25, 0.3) is 10.9 Å². The van der Waals surface area contributed by atoms with Crippen LogP contribution in [0.3, 0.4) is 0 Å². The third-order valence-electron chi connectivity index (χ3n) is 3.32. The molecule has 0 saturated carbocycles. The van der Waals surface area contributed by atoms with E-state index in [4.69, 9.17) is 10.5 Å². The predicted octanol–water partition coefficient (Wildman–Crippen LogP) is 2.41. The minimum atomic E-state index is 0.368. The molecule has 3 N–H and O–H groups in total. The molecule has 1 aliphatic rings. The molecule has 0 amide bonds. The maximum Gasteiger partial charge on any atom is 0.0953 e. The highest BCUT2D eigenvalue weighted by molar-refractivity contribution is 5.98. The highest BCUT2D eigenvalue weighted by Crippen LogP contribution is 2.27. The van der Waals surface area contributed by atoms with Crippen LogP contribution >= 0.6 is 0 Å². The molecule has 18 heavy (non-hydrogen) atoms. The summed E-state index contributed by atoms with van der Waals surface area (Å²) in [5, 5.41) is 4.51. The fraction of sp³-hybridized carbons (Fsp3) is 0.357. The molecule has 1 fully saturated rings. The van der Waals surface area contributed by atoms with Gasteiger partial charge in [-0.3, -0.25) is 4.98 Å². The lowest BCUT2D eigenvalue weighted by Gasteiger charge is -2.24. The number of pyridine rings is 1. The molecular weight excluding hydrogens is 226 g/mol. The Balaban J connectivity index is 1.94. The fourth-order valence-corrected chi connectivity index (χ4v) is 2.39. The van der Waals surface area contributed by atoms with Gasteiger partial charge >= 0.3 is 0 Å². The van der Waals surface area contributed by atoms with Crippen molar-refractivity contribution in [2.24, 2.45) is 0 Å². The van der Waals surface area contributed by atoms with Gasteiger partial charge in [0.1, 0.15) is 0 Å². The molecular formula is C14H17N3O. The van der Waals surface area contributed by atoms with E-state index in [2.05, 4.69) is 10.3 Å². The van der Waals surface area contributed by atoms with Crippen molar-refractivity contribution < 1.29 is 4.74 Å². The van der Waals surface area contributed by atoms with Crippen molar-refractivity contribution in [3.05, 3.63) is 30.5 Å². The molecule has 4 heteroatoms. The number of ether oxygens (including phenoxy) is 1. The van der Waals surface area contributed by atoms with Gasteiger partial charge in [-0.2, -0.15) is 0 Å². The summed E-state index contributed by atoms with van der Waals surface area (Å²) in [5.74, 6) is 0. The van der Waals surface area contributed by atoms with Gasteiger partial charge in [0.05, 0.1) is 17.8 Å². The third-order valence-corrected chi connectivity index (χ3v) is 3.32. The Hall–Kier alpha value is -1.81. The molecule has 4 nitrogen and oxygen atoms in total. The molecule has 3 rings (SSSR count). The number of rotatable bonds is 2. The smallest absolute Gasteiger partial charge is 0.0953 e. The van der Waals surface area contributed by atoms with Gasteiger partial charge in [-0.25, -0.2) is 0 Å². The second-order valence-electron chi connectivity index (χ2n) is 4.66. The number of nitrogens with one attached hydrogen (secondary N) is 1. The minimum absolute atomic E-state index is 0.368. The molecule has 0 spiro atoms. The number of benzene rings is 1. The Morgan fingerprint density at radius 3 is 3.11 bits per heavy atom. The highest BCUT2D eigenvalue weighted by atomic mass is 16.5. The SMILES string of the molecule is Nc1ccc(NC2CCCOC2)c2ncccc12. The van der Waals surface area contributed by atoms with Crippen molar-refractivity contribution in [1.29, 1.82) is 0 Å². The Bertz CT molecular complexity index is 550. The van der Waals surface area contributed by atoms with Crippen LogP contribution in [-0.2, 0) is 4.74 Å². The first-order valence-electron chi connectivity index (χ1n) is 6.32. The van der Waals surface area contributed by atoms with Gasteiger partial charge in [0, 0.05) is 29.9 Å². The standard InChI is InChI=1S/C14H17N3O/c15-12-5-6-13(14-11(12)4-1-7-16-14)17-10-3-2-8-18-9-10/h1,4-7,10,17H,2-3,8-9,15H2. The largest absolute Gasteiger partial charge is 0.398 e. The van der Waals surface area contributed by atoms with E-state index < -0.39 is 0 Å². The predicted molar refractivity (Wildman–Crippen MR) is 73.6 cm³/mol. The van der Waals surface area contributed by atoms with E-state index in [1.807, 2.05) is 24.3 Å². The van der Waals surface area contributed by atoms with Crippen LogP contribution in [0, 0.1) is 0 Å². The molecule has 1 aromatic carbocycles. The minimum Gasteiger partial charge on any atom is -0.398 e. The van der Waals surface area contributed by atoms with E-state index in [0.717, 1.165) is 48.3 Å². The molecule has 1 aromatic heterocycles. The Morgan fingerprint density at radius 1 is 1.33 bits per heavy atom. The monoisotopic (exact) mass is 243 g/mol.